The van der Waals surface area contributed by atoms with Crippen molar-refractivity contribution < 1.29 is 9.84 Å². The largest absolute Gasteiger partial charge is 0.504 e. The van der Waals surface area contributed by atoms with E-state index in [-0.39, 0.29) is 5.75 Å². The fourth-order valence-corrected chi connectivity index (χ4v) is 1.32. The van der Waals surface area contributed by atoms with Crippen molar-refractivity contribution in [1.29, 1.82) is 0 Å². The molecule has 0 fully saturated rings. The van der Waals surface area contributed by atoms with Crippen LogP contribution in [-0.4, -0.2) is 11.7 Å². The molecule has 0 spiro atoms. The quantitative estimate of drug-likeness (QED) is 0.775. The van der Waals surface area contributed by atoms with Crippen molar-refractivity contribution in [3.8, 4) is 11.5 Å². The minimum atomic E-state index is 0.242. The molecular weight excluding hydrogens is 164 g/mol. The number of benzene rings is 1. The van der Waals surface area contributed by atoms with E-state index in [0.717, 1.165) is 17.5 Å². The molecule has 1 rings (SSSR count). The van der Waals surface area contributed by atoms with Crippen molar-refractivity contribution in [2.24, 2.45) is 0 Å². The molecule has 0 aliphatic rings. The van der Waals surface area contributed by atoms with Crippen LogP contribution in [0.1, 0.15) is 24.5 Å². The van der Waals surface area contributed by atoms with Gasteiger partial charge in [0.2, 0.25) is 0 Å². The number of aromatic hydroxyl groups is 1. The Morgan fingerprint density at radius 3 is 2.54 bits per heavy atom. The fourth-order valence-electron chi connectivity index (χ4n) is 1.32. The molecular formula is C11H16O2. The minimum absolute atomic E-state index is 0.242. The van der Waals surface area contributed by atoms with E-state index < -0.39 is 0 Å². The maximum Gasteiger partial charge on any atom is 0.163 e. The highest BCUT2D eigenvalue weighted by molar-refractivity contribution is 5.47. The maximum absolute atomic E-state index is 9.57. The lowest BCUT2D eigenvalue weighted by Gasteiger charge is -2.10. The summed E-state index contributed by atoms with van der Waals surface area (Å²) in [5, 5.41) is 9.57. The van der Waals surface area contributed by atoms with Crippen molar-refractivity contribution in [2.75, 3.05) is 6.61 Å². The molecule has 13 heavy (non-hydrogen) atoms. The third-order valence-electron chi connectivity index (χ3n) is 1.85. The van der Waals surface area contributed by atoms with Gasteiger partial charge in [-0.15, -0.1) is 0 Å². The van der Waals surface area contributed by atoms with Crippen molar-refractivity contribution in [1.82, 2.24) is 0 Å². The zero-order valence-corrected chi connectivity index (χ0v) is 8.42. The number of aryl methyl sites for hydroxylation is 2. The molecule has 0 atom stereocenters. The van der Waals surface area contributed by atoms with E-state index >= 15 is 0 Å². The van der Waals surface area contributed by atoms with Crippen LogP contribution >= 0.6 is 0 Å². The maximum atomic E-state index is 9.57. The number of phenols is 1. The van der Waals surface area contributed by atoms with Gasteiger partial charge in [-0.25, -0.2) is 0 Å². The SMILES string of the molecule is CCCOc1c(C)cc(C)cc1O. The topological polar surface area (TPSA) is 29.5 Å². The molecule has 0 aliphatic carbocycles. The van der Waals surface area contributed by atoms with Gasteiger partial charge >= 0.3 is 0 Å². The predicted octanol–water partition coefficient (Wildman–Crippen LogP) is 2.80. The van der Waals surface area contributed by atoms with Gasteiger partial charge in [0.05, 0.1) is 6.61 Å². The van der Waals surface area contributed by atoms with Gasteiger partial charge in [-0.1, -0.05) is 13.0 Å². The van der Waals surface area contributed by atoms with Gasteiger partial charge in [-0.3, -0.25) is 0 Å². The van der Waals surface area contributed by atoms with Gasteiger partial charge in [-0.2, -0.15) is 0 Å². The number of phenolic OH excluding ortho intramolecular Hbond substituents is 1. The summed E-state index contributed by atoms with van der Waals surface area (Å²) in [5.41, 5.74) is 2.05. The first-order chi connectivity index (χ1) is 6.15. The van der Waals surface area contributed by atoms with Crippen LogP contribution in [-0.2, 0) is 0 Å². The van der Waals surface area contributed by atoms with Gasteiger partial charge in [0, 0.05) is 0 Å². The Morgan fingerprint density at radius 1 is 1.31 bits per heavy atom. The molecule has 0 bridgehead atoms. The minimum Gasteiger partial charge on any atom is -0.504 e. The lowest BCUT2D eigenvalue weighted by molar-refractivity contribution is 0.297. The summed E-state index contributed by atoms with van der Waals surface area (Å²) >= 11 is 0. The van der Waals surface area contributed by atoms with Gasteiger partial charge < -0.3 is 9.84 Å². The molecule has 0 amide bonds. The van der Waals surface area contributed by atoms with E-state index in [1.807, 2.05) is 26.8 Å². The predicted molar refractivity (Wildman–Crippen MR) is 53.4 cm³/mol. The summed E-state index contributed by atoms with van der Waals surface area (Å²) in [4.78, 5) is 0. The molecule has 1 N–H and O–H groups in total. The Balaban J connectivity index is 2.92. The zero-order chi connectivity index (χ0) is 9.84. The Labute approximate surface area is 79.2 Å². The highest BCUT2D eigenvalue weighted by Crippen LogP contribution is 2.30. The van der Waals surface area contributed by atoms with Crippen molar-refractivity contribution in [2.45, 2.75) is 27.2 Å². The number of ether oxygens (including phenoxy) is 1. The monoisotopic (exact) mass is 180 g/mol. The standard InChI is InChI=1S/C11H16O2/c1-4-5-13-11-9(3)6-8(2)7-10(11)12/h6-7,12H,4-5H2,1-3H3. The van der Waals surface area contributed by atoms with Crippen LogP contribution in [0.3, 0.4) is 0 Å². The first-order valence-corrected chi connectivity index (χ1v) is 4.58. The van der Waals surface area contributed by atoms with E-state index in [4.69, 9.17) is 4.74 Å². The summed E-state index contributed by atoms with van der Waals surface area (Å²) in [6, 6.07) is 3.72. The molecule has 2 nitrogen and oxygen atoms in total. The van der Waals surface area contributed by atoms with Gasteiger partial charge in [-0.05, 0) is 37.5 Å². The fraction of sp³-hybridized carbons (Fsp3) is 0.455. The zero-order valence-electron chi connectivity index (χ0n) is 8.42. The summed E-state index contributed by atoms with van der Waals surface area (Å²) in [6.45, 7) is 6.59. The average molecular weight is 180 g/mol. The number of hydrogen-bond donors (Lipinski definition) is 1. The van der Waals surface area contributed by atoms with E-state index in [0.29, 0.717) is 12.4 Å². The molecule has 0 aromatic heterocycles. The molecule has 0 heterocycles. The highest BCUT2D eigenvalue weighted by atomic mass is 16.5. The van der Waals surface area contributed by atoms with Crippen LogP contribution < -0.4 is 4.74 Å². The summed E-state index contributed by atoms with van der Waals surface area (Å²) in [7, 11) is 0. The number of hydrogen-bond acceptors (Lipinski definition) is 2. The van der Waals surface area contributed by atoms with Gasteiger partial charge in [0.15, 0.2) is 11.5 Å². The Hall–Kier alpha value is -1.18. The second kappa shape index (κ2) is 4.17. The summed E-state index contributed by atoms with van der Waals surface area (Å²) < 4.78 is 5.42. The van der Waals surface area contributed by atoms with Crippen LogP contribution in [0.4, 0.5) is 0 Å². The third kappa shape index (κ3) is 2.38. The molecule has 0 unspecified atom stereocenters. The molecule has 2 heteroatoms. The van der Waals surface area contributed by atoms with E-state index in [1.165, 1.54) is 0 Å². The van der Waals surface area contributed by atoms with Crippen LogP contribution in [0.2, 0.25) is 0 Å². The van der Waals surface area contributed by atoms with Crippen LogP contribution in [0, 0.1) is 13.8 Å². The van der Waals surface area contributed by atoms with E-state index in [1.54, 1.807) is 6.07 Å². The molecule has 1 aromatic carbocycles. The Morgan fingerprint density at radius 2 is 2.00 bits per heavy atom. The normalized spacial score (nSPS) is 10.1. The second-order valence-corrected chi connectivity index (χ2v) is 3.28. The summed E-state index contributed by atoms with van der Waals surface area (Å²) in [5.74, 6) is 0.860. The van der Waals surface area contributed by atoms with E-state index in [9.17, 15) is 5.11 Å². The third-order valence-corrected chi connectivity index (χ3v) is 1.85. The van der Waals surface area contributed by atoms with Crippen molar-refractivity contribution in [3.05, 3.63) is 23.3 Å². The molecule has 1 aromatic rings. The first-order valence-electron chi connectivity index (χ1n) is 4.58. The van der Waals surface area contributed by atoms with Gasteiger partial charge in [0.1, 0.15) is 0 Å². The van der Waals surface area contributed by atoms with Crippen LogP contribution in [0.5, 0.6) is 11.5 Å². The molecule has 0 aliphatic heterocycles. The Bertz CT molecular complexity index is 269. The first kappa shape index (κ1) is 9.90. The van der Waals surface area contributed by atoms with Crippen LogP contribution in [0.25, 0.3) is 0 Å². The van der Waals surface area contributed by atoms with Crippen LogP contribution in [0.15, 0.2) is 12.1 Å². The number of rotatable bonds is 3. The molecule has 72 valence electrons. The van der Waals surface area contributed by atoms with E-state index in [2.05, 4.69) is 0 Å². The summed E-state index contributed by atoms with van der Waals surface area (Å²) in [6.07, 6.45) is 0.951. The average Bonchev–Trinajstić information content (AvgIpc) is 2.02. The second-order valence-electron chi connectivity index (χ2n) is 3.28. The molecule has 0 radical (unpaired) electrons. The molecule has 0 saturated heterocycles. The van der Waals surface area contributed by atoms with Gasteiger partial charge in [0.25, 0.3) is 0 Å². The molecule has 0 saturated carbocycles. The smallest absolute Gasteiger partial charge is 0.163 e. The highest BCUT2D eigenvalue weighted by Gasteiger charge is 2.06. The van der Waals surface area contributed by atoms with Crippen molar-refractivity contribution in [3.63, 3.8) is 0 Å². The lowest BCUT2D eigenvalue weighted by Crippen LogP contribution is -1.97. The Kier molecular flexibility index (Phi) is 3.18. The lowest BCUT2D eigenvalue weighted by atomic mass is 10.1. The van der Waals surface area contributed by atoms with Crippen molar-refractivity contribution >= 4 is 0 Å².